The third kappa shape index (κ3) is 3.63. The fraction of sp³-hybridized carbons (Fsp3) is 0.474. The lowest BCUT2D eigenvalue weighted by molar-refractivity contribution is 0.434. The van der Waals surface area contributed by atoms with Gasteiger partial charge in [0.15, 0.2) is 0 Å². The van der Waals surface area contributed by atoms with Crippen molar-refractivity contribution in [2.75, 3.05) is 29.4 Å². The van der Waals surface area contributed by atoms with E-state index in [1.54, 1.807) is 0 Å². The Morgan fingerprint density at radius 1 is 1.13 bits per heavy atom. The van der Waals surface area contributed by atoms with Crippen molar-refractivity contribution in [2.45, 2.75) is 33.6 Å². The maximum atomic E-state index is 4.87. The number of para-hydroxylation sites is 1. The molecule has 0 bridgehead atoms. The number of benzene rings is 1. The zero-order chi connectivity index (χ0) is 16.2. The zero-order valence-electron chi connectivity index (χ0n) is 14.4. The number of nitrogens with zero attached hydrogens (tertiary/aromatic N) is 4. The standard InChI is InChI=1S/C19H26N4/c1-4-23(17-8-6-5-7-9-17)18-14-16(3)20-19(21-18)22-12-10-15(2)11-13-22/h5-9,14-15H,4,10-13H2,1-3H3. The van der Waals surface area contributed by atoms with Crippen LogP contribution in [-0.2, 0) is 0 Å². The molecule has 1 aromatic carbocycles. The van der Waals surface area contributed by atoms with Crippen LogP contribution < -0.4 is 9.80 Å². The Kier molecular flexibility index (Phi) is 4.79. The van der Waals surface area contributed by atoms with Gasteiger partial charge in [-0.05, 0) is 44.7 Å². The average molecular weight is 310 g/mol. The smallest absolute Gasteiger partial charge is 0.227 e. The number of anilines is 3. The Balaban J connectivity index is 1.90. The number of hydrogen-bond donors (Lipinski definition) is 0. The lowest BCUT2D eigenvalue weighted by Gasteiger charge is -2.31. The molecule has 0 saturated carbocycles. The van der Waals surface area contributed by atoms with E-state index in [1.165, 1.54) is 18.5 Å². The van der Waals surface area contributed by atoms with Gasteiger partial charge < -0.3 is 9.80 Å². The molecule has 1 saturated heterocycles. The first-order valence-electron chi connectivity index (χ1n) is 8.60. The molecule has 0 radical (unpaired) electrons. The highest BCUT2D eigenvalue weighted by Gasteiger charge is 2.20. The van der Waals surface area contributed by atoms with Crippen molar-refractivity contribution in [1.82, 2.24) is 9.97 Å². The van der Waals surface area contributed by atoms with E-state index in [2.05, 4.69) is 65.9 Å². The normalized spacial score (nSPS) is 15.7. The van der Waals surface area contributed by atoms with Gasteiger partial charge >= 0.3 is 0 Å². The third-order valence-electron chi connectivity index (χ3n) is 4.56. The number of piperidine rings is 1. The van der Waals surface area contributed by atoms with Crippen molar-refractivity contribution in [3.63, 3.8) is 0 Å². The average Bonchev–Trinajstić information content (AvgIpc) is 2.57. The second kappa shape index (κ2) is 6.99. The van der Waals surface area contributed by atoms with Gasteiger partial charge in [0.2, 0.25) is 5.95 Å². The van der Waals surface area contributed by atoms with E-state index in [0.29, 0.717) is 0 Å². The molecule has 0 spiro atoms. The Bertz CT molecular complexity index is 633. The van der Waals surface area contributed by atoms with E-state index in [9.17, 15) is 0 Å². The minimum atomic E-state index is 0.812. The van der Waals surface area contributed by atoms with Crippen molar-refractivity contribution < 1.29 is 0 Å². The minimum absolute atomic E-state index is 0.812. The Labute approximate surface area is 139 Å². The quantitative estimate of drug-likeness (QED) is 0.848. The summed E-state index contributed by atoms with van der Waals surface area (Å²) < 4.78 is 0. The monoisotopic (exact) mass is 310 g/mol. The molecule has 0 aliphatic carbocycles. The van der Waals surface area contributed by atoms with Crippen molar-refractivity contribution in [1.29, 1.82) is 0 Å². The first-order valence-corrected chi connectivity index (χ1v) is 8.60. The first kappa shape index (κ1) is 15.8. The van der Waals surface area contributed by atoms with Gasteiger partial charge in [-0.15, -0.1) is 0 Å². The van der Waals surface area contributed by atoms with Gasteiger partial charge in [0.05, 0.1) is 0 Å². The van der Waals surface area contributed by atoms with Crippen LogP contribution in [-0.4, -0.2) is 29.6 Å². The van der Waals surface area contributed by atoms with Crippen LogP contribution in [0.1, 0.15) is 32.4 Å². The number of hydrogen-bond acceptors (Lipinski definition) is 4. The fourth-order valence-electron chi connectivity index (χ4n) is 3.11. The highest BCUT2D eigenvalue weighted by atomic mass is 15.3. The summed E-state index contributed by atoms with van der Waals surface area (Å²) in [5.74, 6) is 2.67. The summed E-state index contributed by atoms with van der Waals surface area (Å²) in [7, 11) is 0. The van der Waals surface area contributed by atoms with Gasteiger partial charge in [0.1, 0.15) is 5.82 Å². The molecule has 3 rings (SSSR count). The molecule has 2 aromatic rings. The van der Waals surface area contributed by atoms with Crippen molar-refractivity contribution in [3.05, 3.63) is 42.1 Å². The molecule has 4 heteroatoms. The largest absolute Gasteiger partial charge is 0.341 e. The SMILES string of the molecule is CCN(c1ccccc1)c1cc(C)nc(N2CCC(C)CC2)n1. The Morgan fingerprint density at radius 3 is 2.48 bits per heavy atom. The van der Waals surface area contributed by atoms with E-state index in [-0.39, 0.29) is 0 Å². The molecule has 122 valence electrons. The van der Waals surface area contributed by atoms with Gasteiger partial charge in [0, 0.05) is 37.1 Å². The predicted molar refractivity (Wildman–Crippen MR) is 96.5 cm³/mol. The second-order valence-corrected chi connectivity index (χ2v) is 6.42. The molecule has 0 atom stereocenters. The van der Waals surface area contributed by atoms with Crippen molar-refractivity contribution in [2.24, 2.45) is 5.92 Å². The molecular weight excluding hydrogens is 284 g/mol. The van der Waals surface area contributed by atoms with Gasteiger partial charge in [-0.1, -0.05) is 25.1 Å². The molecule has 1 aromatic heterocycles. The van der Waals surface area contributed by atoms with E-state index >= 15 is 0 Å². The second-order valence-electron chi connectivity index (χ2n) is 6.42. The van der Waals surface area contributed by atoms with Crippen molar-refractivity contribution in [3.8, 4) is 0 Å². The molecule has 4 nitrogen and oxygen atoms in total. The van der Waals surface area contributed by atoms with Crippen LogP contribution in [0.5, 0.6) is 0 Å². The molecule has 23 heavy (non-hydrogen) atoms. The highest BCUT2D eigenvalue weighted by Crippen LogP contribution is 2.27. The summed E-state index contributed by atoms with van der Waals surface area (Å²) in [4.78, 5) is 14.1. The molecular formula is C19H26N4. The summed E-state index contributed by atoms with van der Waals surface area (Å²) in [6.07, 6.45) is 2.45. The van der Waals surface area contributed by atoms with Gasteiger partial charge in [-0.2, -0.15) is 4.98 Å². The van der Waals surface area contributed by atoms with Gasteiger partial charge in [-0.3, -0.25) is 0 Å². The van der Waals surface area contributed by atoms with E-state index in [4.69, 9.17) is 4.98 Å². The number of aryl methyl sites for hydroxylation is 1. The zero-order valence-corrected chi connectivity index (χ0v) is 14.4. The van der Waals surface area contributed by atoms with E-state index < -0.39 is 0 Å². The summed E-state index contributed by atoms with van der Waals surface area (Å²) in [5.41, 5.74) is 2.20. The topological polar surface area (TPSA) is 32.3 Å². The molecule has 1 fully saturated rings. The van der Waals surface area contributed by atoms with Crippen LogP contribution in [0.2, 0.25) is 0 Å². The minimum Gasteiger partial charge on any atom is -0.341 e. The molecule has 0 amide bonds. The maximum Gasteiger partial charge on any atom is 0.227 e. The van der Waals surface area contributed by atoms with Crippen LogP contribution in [0.25, 0.3) is 0 Å². The summed E-state index contributed by atoms with van der Waals surface area (Å²) in [6, 6.07) is 12.5. The molecule has 1 aliphatic heterocycles. The van der Waals surface area contributed by atoms with Gasteiger partial charge in [-0.25, -0.2) is 4.98 Å². The lowest BCUT2D eigenvalue weighted by atomic mass is 10.00. The lowest BCUT2D eigenvalue weighted by Crippen LogP contribution is -2.34. The van der Waals surface area contributed by atoms with E-state index in [0.717, 1.165) is 43.0 Å². The summed E-state index contributed by atoms with van der Waals surface area (Å²) in [6.45, 7) is 9.54. The first-order chi connectivity index (χ1) is 11.2. The molecule has 2 heterocycles. The predicted octanol–water partition coefficient (Wildman–Crippen LogP) is 4.18. The molecule has 1 aliphatic rings. The molecule has 0 N–H and O–H groups in total. The maximum absolute atomic E-state index is 4.87. The third-order valence-corrected chi connectivity index (χ3v) is 4.56. The Hall–Kier alpha value is -2.10. The van der Waals surface area contributed by atoms with Crippen LogP contribution in [0, 0.1) is 12.8 Å². The number of rotatable bonds is 4. The molecule has 0 unspecified atom stereocenters. The van der Waals surface area contributed by atoms with Crippen LogP contribution in [0.4, 0.5) is 17.5 Å². The Morgan fingerprint density at radius 2 is 1.83 bits per heavy atom. The fourth-order valence-corrected chi connectivity index (χ4v) is 3.11. The van der Waals surface area contributed by atoms with Crippen LogP contribution in [0.3, 0.4) is 0 Å². The van der Waals surface area contributed by atoms with Crippen LogP contribution >= 0.6 is 0 Å². The van der Waals surface area contributed by atoms with Crippen LogP contribution in [0.15, 0.2) is 36.4 Å². The summed E-state index contributed by atoms with van der Waals surface area (Å²) in [5, 5.41) is 0. The van der Waals surface area contributed by atoms with Gasteiger partial charge in [0.25, 0.3) is 0 Å². The number of aromatic nitrogens is 2. The summed E-state index contributed by atoms with van der Waals surface area (Å²) >= 11 is 0. The highest BCUT2D eigenvalue weighted by molar-refractivity contribution is 5.61. The van der Waals surface area contributed by atoms with E-state index in [1.807, 2.05) is 6.07 Å². The van der Waals surface area contributed by atoms with Crippen molar-refractivity contribution >= 4 is 17.5 Å².